The Morgan fingerprint density at radius 3 is 2.61 bits per heavy atom. The van der Waals surface area contributed by atoms with E-state index in [1.54, 1.807) is 0 Å². The molecule has 0 bridgehead atoms. The number of halogens is 1. The second-order valence-electron chi connectivity index (χ2n) is 5.50. The third-order valence-corrected chi connectivity index (χ3v) is 3.96. The summed E-state index contributed by atoms with van der Waals surface area (Å²) in [6.07, 6.45) is 1.14. The van der Waals surface area contributed by atoms with E-state index in [2.05, 4.69) is 49.1 Å². The lowest BCUT2D eigenvalue weighted by Crippen LogP contribution is -2.46. The van der Waals surface area contributed by atoms with Crippen molar-refractivity contribution in [2.24, 2.45) is 11.7 Å². The summed E-state index contributed by atoms with van der Waals surface area (Å²) in [5.74, 6) is 1.24. The van der Waals surface area contributed by atoms with Crippen molar-refractivity contribution in [3.63, 3.8) is 0 Å². The van der Waals surface area contributed by atoms with E-state index < -0.39 is 0 Å². The Bertz CT molecular complexity index is 342. The van der Waals surface area contributed by atoms with Crippen LogP contribution in [-0.2, 0) is 0 Å². The standard InChI is InChI=1S/C15H24N2.ClH/c1-12(14-6-4-3-5-7-14)10-17-9-8-15(16)13(2)11-17;/h3-7,12-13,15H,8-11,16H2,1-2H3;1H. The van der Waals surface area contributed by atoms with Crippen molar-refractivity contribution >= 4 is 12.4 Å². The number of piperidine rings is 1. The molecule has 1 aliphatic heterocycles. The molecule has 2 N–H and O–H groups in total. The summed E-state index contributed by atoms with van der Waals surface area (Å²) in [5, 5.41) is 0. The zero-order valence-corrected chi connectivity index (χ0v) is 12.2. The maximum Gasteiger partial charge on any atom is 0.00889 e. The molecule has 102 valence electrons. The van der Waals surface area contributed by atoms with Crippen molar-refractivity contribution in [3.05, 3.63) is 35.9 Å². The maximum absolute atomic E-state index is 6.06. The Morgan fingerprint density at radius 2 is 2.00 bits per heavy atom. The Labute approximate surface area is 117 Å². The largest absolute Gasteiger partial charge is 0.327 e. The van der Waals surface area contributed by atoms with Crippen LogP contribution in [0.2, 0.25) is 0 Å². The molecule has 2 nitrogen and oxygen atoms in total. The fourth-order valence-electron chi connectivity index (χ4n) is 2.69. The SMILES string of the molecule is CC(CN1CCC(N)C(C)C1)c1ccccc1.Cl. The van der Waals surface area contributed by atoms with Crippen LogP contribution in [0.3, 0.4) is 0 Å². The third-order valence-electron chi connectivity index (χ3n) is 3.96. The molecule has 2 rings (SSSR count). The highest BCUT2D eigenvalue weighted by molar-refractivity contribution is 5.85. The van der Waals surface area contributed by atoms with E-state index >= 15 is 0 Å². The maximum atomic E-state index is 6.06. The van der Waals surface area contributed by atoms with Crippen LogP contribution in [-0.4, -0.2) is 30.6 Å². The van der Waals surface area contributed by atoms with Crippen LogP contribution in [0.25, 0.3) is 0 Å². The van der Waals surface area contributed by atoms with E-state index in [1.807, 2.05) is 0 Å². The van der Waals surface area contributed by atoms with Gasteiger partial charge in [0.2, 0.25) is 0 Å². The first-order valence-electron chi connectivity index (χ1n) is 6.69. The number of nitrogens with zero attached hydrogens (tertiary/aromatic N) is 1. The molecule has 0 saturated carbocycles. The minimum absolute atomic E-state index is 0. The quantitative estimate of drug-likeness (QED) is 0.913. The van der Waals surface area contributed by atoms with E-state index in [1.165, 1.54) is 5.56 Å². The molecule has 1 heterocycles. The summed E-state index contributed by atoms with van der Waals surface area (Å²) in [6.45, 7) is 8.04. The second kappa shape index (κ2) is 7.13. The average molecular weight is 269 g/mol. The summed E-state index contributed by atoms with van der Waals surface area (Å²) in [4.78, 5) is 2.56. The van der Waals surface area contributed by atoms with Gasteiger partial charge in [0, 0.05) is 19.1 Å². The van der Waals surface area contributed by atoms with Gasteiger partial charge in [0.25, 0.3) is 0 Å². The predicted molar refractivity (Wildman–Crippen MR) is 80.3 cm³/mol. The van der Waals surface area contributed by atoms with Crippen molar-refractivity contribution < 1.29 is 0 Å². The first-order valence-corrected chi connectivity index (χ1v) is 6.69. The number of rotatable bonds is 3. The number of benzene rings is 1. The van der Waals surface area contributed by atoms with Crippen molar-refractivity contribution in [2.75, 3.05) is 19.6 Å². The normalized spacial score (nSPS) is 26.4. The summed E-state index contributed by atoms with van der Waals surface area (Å²) in [5.41, 5.74) is 7.50. The van der Waals surface area contributed by atoms with Gasteiger partial charge in [0.05, 0.1) is 0 Å². The number of hydrogen-bond donors (Lipinski definition) is 1. The van der Waals surface area contributed by atoms with Crippen molar-refractivity contribution in [3.8, 4) is 0 Å². The van der Waals surface area contributed by atoms with Crippen LogP contribution in [0, 0.1) is 5.92 Å². The van der Waals surface area contributed by atoms with E-state index in [-0.39, 0.29) is 12.4 Å². The molecule has 1 saturated heterocycles. The predicted octanol–water partition coefficient (Wildman–Crippen LogP) is 2.88. The molecule has 1 aliphatic rings. The second-order valence-corrected chi connectivity index (χ2v) is 5.50. The number of nitrogens with two attached hydrogens (primary N) is 1. The highest BCUT2D eigenvalue weighted by Gasteiger charge is 2.24. The first-order chi connectivity index (χ1) is 8.16. The lowest BCUT2D eigenvalue weighted by Gasteiger charge is -2.36. The molecule has 3 unspecified atom stereocenters. The lowest BCUT2D eigenvalue weighted by molar-refractivity contribution is 0.158. The van der Waals surface area contributed by atoms with Gasteiger partial charge in [-0.3, -0.25) is 0 Å². The van der Waals surface area contributed by atoms with Gasteiger partial charge in [-0.05, 0) is 30.4 Å². The molecule has 0 radical (unpaired) electrons. The Morgan fingerprint density at radius 1 is 1.33 bits per heavy atom. The van der Waals surface area contributed by atoms with E-state index in [9.17, 15) is 0 Å². The highest BCUT2D eigenvalue weighted by Crippen LogP contribution is 2.20. The molecule has 18 heavy (non-hydrogen) atoms. The molecule has 1 fully saturated rings. The summed E-state index contributed by atoms with van der Waals surface area (Å²) in [7, 11) is 0. The van der Waals surface area contributed by atoms with Crippen molar-refractivity contribution in [1.82, 2.24) is 4.90 Å². The van der Waals surface area contributed by atoms with E-state index in [4.69, 9.17) is 5.73 Å². The Balaban J connectivity index is 0.00000162. The van der Waals surface area contributed by atoms with E-state index in [0.29, 0.717) is 17.9 Å². The van der Waals surface area contributed by atoms with Crippen LogP contribution in [0.5, 0.6) is 0 Å². The molecular weight excluding hydrogens is 244 g/mol. The van der Waals surface area contributed by atoms with Gasteiger partial charge in [0.1, 0.15) is 0 Å². The van der Waals surface area contributed by atoms with Crippen molar-refractivity contribution in [2.45, 2.75) is 32.2 Å². The highest BCUT2D eigenvalue weighted by atomic mass is 35.5. The molecule has 0 aromatic heterocycles. The van der Waals surface area contributed by atoms with Crippen LogP contribution < -0.4 is 5.73 Å². The summed E-state index contributed by atoms with van der Waals surface area (Å²) < 4.78 is 0. The van der Waals surface area contributed by atoms with Gasteiger partial charge in [-0.1, -0.05) is 44.2 Å². The molecule has 0 aliphatic carbocycles. The zero-order valence-electron chi connectivity index (χ0n) is 11.4. The molecule has 3 atom stereocenters. The van der Waals surface area contributed by atoms with E-state index in [0.717, 1.165) is 26.1 Å². The van der Waals surface area contributed by atoms with Gasteiger partial charge in [-0.15, -0.1) is 12.4 Å². The zero-order chi connectivity index (χ0) is 12.3. The number of likely N-dealkylation sites (tertiary alicyclic amines) is 1. The minimum atomic E-state index is 0. The molecular formula is C15H25ClN2. The third kappa shape index (κ3) is 3.98. The van der Waals surface area contributed by atoms with Gasteiger partial charge in [0.15, 0.2) is 0 Å². The topological polar surface area (TPSA) is 29.3 Å². The fraction of sp³-hybridized carbons (Fsp3) is 0.600. The molecule has 1 aromatic carbocycles. The minimum Gasteiger partial charge on any atom is -0.327 e. The van der Waals surface area contributed by atoms with Gasteiger partial charge >= 0.3 is 0 Å². The lowest BCUT2D eigenvalue weighted by atomic mass is 9.93. The molecule has 1 aromatic rings. The molecule has 0 spiro atoms. The Kier molecular flexibility index (Phi) is 6.13. The van der Waals surface area contributed by atoms with Crippen LogP contribution >= 0.6 is 12.4 Å². The summed E-state index contributed by atoms with van der Waals surface area (Å²) >= 11 is 0. The fourth-order valence-corrected chi connectivity index (χ4v) is 2.69. The van der Waals surface area contributed by atoms with Crippen LogP contribution in [0.1, 0.15) is 31.7 Å². The van der Waals surface area contributed by atoms with Crippen molar-refractivity contribution in [1.29, 1.82) is 0 Å². The van der Waals surface area contributed by atoms with Crippen LogP contribution in [0.15, 0.2) is 30.3 Å². The Hall–Kier alpha value is -0.570. The molecule has 0 amide bonds. The first kappa shape index (κ1) is 15.5. The molecule has 3 heteroatoms. The van der Waals surface area contributed by atoms with Gasteiger partial charge < -0.3 is 10.6 Å². The summed E-state index contributed by atoms with van der Waals surface area (Å²) in [6, 6.07) is 11.2. The van der Waals surface area contributed by atoms with Gasteiger partial charge in [-0.2, -0.15) is 0 Å². The number of hydrogen-bond acceptors (Lipinski definition) is 2. The van der Waals surface area contributed by atoms with Gasteiger partial charge in [-0.25, -0.2) is 0 Å². The smallest absolute Gasteiger partial charge is 0.00889 e. The van der Waals surface area contributed by atoms with Crippen LogP contribution in [0.4, 0.5) is 0 Å². The monoisotopic (exact) mass is 268 g/mol. The average Bonchev–Trinajstić information content (AvgIpc) is 2.35.